The highest BCUT2D eigenvalue weighted by Gasteiger charge is 2.50. The van der Waals surface area contributed by atoms with Crippen molar-refractivity contribution in [2.75, 3.05) is 0 Å². The predicted octanol–water partition coefficient (Wildman–Crippen LogP) is 1.70. The molecule has 0 aliphatic heterocycles. The molecule has 1 aliphatic rings. The Bertz CT molecular complexity index is 614. The molecule has 1 fully saturated rings. The molecule has 2 aromatic rings. The number of amides is 2. The fourth-order valence-electron chi connectivity index (χ4n) is 1.99. The lowest BCUT2D eigenvalue weighted by Crippen LogP contribution is -2.38. The van der Waals surface area contributed by atoms with Gasteiger partial charge in [0.05, 0.1) is 0 Å². The van der Waals surface area contributed by atoms with Gasteiger partial charge < -0.3 is 15.6 Å². The number of nitrogens with zero attached hydrogens (tertiary/aromatic N) is 2. The average molecular weight is 258 g/mol. The van der Waals surface area contributed by atoms with Gasteiger partial charge in [-0.3, -0.25) is 0 Å². The summed E-state index contributed by atoms with van der Waals surface area (Å²) in [6.07, 6.45) is 1.54. The maximum Gasteiger partial charge on any atom is 0.313 e. The maximum atomic E-state index is 11.0. The number of hydrogen-bond acceptors (Lipinski definition) is 4. The summed E-state index contributed by atoms with van der Waals surface area (Å²) in [4.78, 5) is 15.3. The minimum Gasteiger partial charge on any atom is -0.352 e. The number of aryl methyl sites for hydroxylation is 1. The van der Waals surface area contributed by atoms with Gasteiger partial charge in [0.1, 0.15) is 5.54 Å². The molecule has 0 atom stereocenters. The molecular weight excluding hydrogens is 244 g/mol. The average Bonchev–Trinajstić information content (AvgIpc) is 2.97. The monoisotopic (exact) mass is 258 g/mol. The first-order chi connectivity index (χ1) is 9.09. The zero-order chi connectivity index (χ0) is 13.5. The van der Waals surface area contributed by atoms with Gasteiger partial charge in [-0.1, -0.05) is 35.0 Å². The van der Waals surface area contributed by atoms with Crippen LogP contribution in [0.15, 0.2) is 28.8 Å². The first-order valence-corrected chi connectivity index (χ1v) is 6.08. The molecule has 3 rings (SSSR count). The molecule has 1 saturated carbocycles. The molecule has 0 radical (unpaired) electrons. The predicted molar refractivity (Wildman–Crippen MR) is 68.1 cm³/mol. The summed E-state index contributed by atoms with van der Waals surface area (Å²) in [5, 5.41) is 6.61. The van der Waals surface area contributed by atoms with Crippen molar-refractivity contribution in [2.45, 2.75) is 25.3 Å². The molecule has 1 aliphatic carbocycles. The molecule has 98 valence electrons. The van der Waals surface area contributed by atoms with Crippen molar-refractivity contribution in [1.82, 2.24) is 15.5 Å². The summed E-state index contributed by atoms with van der Waals surface area (Å²) >= 11 is 0. The van der Waals surface area contributed by atoms with Crippen LogP contribution in [0.25, 0.3) is 11.4 Å². The van der Waals surface area contributed by atoms with Crippen LogP contribution in [0.1, 0.15) is 24.3 Å². The number of carbonyl (C=O) groups is 1. The lowest BCUT2D eigenvalue weighted by molar-refractivity contribution is 0.238. The summed E-state index contributed by atoms with van der Waals surface area (Å²) in [6, 6.07) is 7.27. The topological polar surface area (TPSA) is 94.0 Å². The van der Waals surface area contributed by atoms with E-state index in [1.807, 2.05) is 31.2 Å². The number of hydrogen-bond donors (Lipinski definition) is 2. The van der Waals surface area contributed by atoms with Gasteiger partial charge in [-0.15, -0.1) is 0 Å². The molecule has 6 heteroatoms. The molecule has 0 unspecified atom stereocenters. The van der Waals surface area contributed by atoms with Crippen molar-refractivity contribution in [3.63, 3.8) is 0 Å². The Hall–Kier alpha value is -2.37. The highest BCUT2D eigenvalue weighted by atomic mass is 16.5. The van der Waals surface area contributed by atoms with Crippen molar-refractivity contribution in [3.05, 3.63) is 35.7 Å². The van der Waals surface area contributed by atoms with Crippen LogP contribution in [-0.2, 0) is 5.54 Å². The third kappa shape index (κ3) is 2.16. The van der Waals surface area contributed by atoms with Crippen LogP contribution in [0, 0.1) is 6.92 Å². The Balaban J connectivity index is 1.87. The summed E-state index contributed by atoms with van der Waals surface area (Å²) in [5.74, 6) is 0.939. The Kier molecular flexibility index (Phi) is 2.51. The molecule has 0 spiro atoms. The Morgan fingerprint density at radius 2 is 2.05 bits per heavy atom. The van der Waals surface area contributed by atoms with Crippen LogP contribution in [0.3, 0.4) is 0 Å². The number of nitrogens with one attached hydrogen (secondary N) is 1. The second-order valence-corrected chi connectivity index (χ2v) is 4.86. The van der Waals surface area contributed by atoms with Crippen molar-refractivity contribution in [3.8, 4) is 11.4 Å². The van der Waals surface area contributed by atoms with Gasteiger partial charge in [-0.05, 0) is 19.8 Å². The van der Waals surface area contributed by atoms with Crippen LogP contribution in [0.2, 0.25) is 0 Å². The van der Waals surface area contributed by atoms with Crippen LogP contribution in [0.4, 0.5) is 4.79 Å². The van der Waals surface area contributed by atoms with Gasteiger partial charge in [-0.25, -0.2) is 4.79 Å². The smallest absolute Gasteiger partial charge is 0.313 e. The molecule has 2 amide bonds. The molecule has 1 aromatic heterocycles. The molecular formula is C13H14N4O2. The van der Waals surface area contributed by atoms with Gasteiger partial charge in [-0.2, -0.15) is 4.98 Å². The van der Waals surface area contributed by atoms with Gasteiger partial charge in [0.15, 0.2) is 0 Å². The minimum atomic E-state index is -0.576. The van der Waals surface area contributed by atoms with Gasteiger partial charge in [0.2, 0.25) is 5.82 Å². The van der Waals surface area contributed by atoms with Gasteiger partial charge >= 0.3 is 6.03 Å². The number of rotatable bonds is 3. The largest absolute Gasteiger partial charge is 0.352 e. The summed E-state index contributed by atoms with van der Waals surface area (Å²) in [6.45, 7) is 2.02. The van der Waals surface area contributed by atoms with Crippen LogP contribution < -0.4 is 11.1 Å². The van der Waals surface area contributed by atoms with Gasteiger partial charge in [0.25, 0.3) is 5.89 Å². The van der Waals surface area contributed by atoms with E-state index in [1.54, 1.807) is 0 Å². The third-order valence-corrected chi connectivity index (χ3v) is 3.26. The van der Waals surface area contributed by atoms with Crippen LogP contribution >= 0.6 is 0 Å². The van der Waals surface area contributed by atoms with Crippen molar-refractivity contribution in [2.24, 2.45) is 5.73 Å². The zero-order valence-corrected chi connectivity index (χ0v) is 10.5. The second kappa shape index (κ2) is 4.08. The highest BCUT2D eigenvalue weighted by Crippen LogP contribution is 2.44. The van der Waals surface area contributed by atoms with E-state index >= 15 is 0 Å². The number of carbonyl (C=O) groups excluding carboxylic acids is 1. The fourth-order valence-corrected chi connectivity index (χ4v) is 1.99. The van der Waals surface area contributed by atoms with E-state index in [2.05, 4.69) is 15.5 Å². The quantitative estimate of drug-likeness (QED) is 0.876. The lowest BCUT2D eigenvalue weighted by atomic mass is 10.1. The maximum absolute atomic E-state index is 11.0. The van der Waals surface area contributed by atoms with Crippen molar-refractivity contribution >= 4 is 6.03 Å². The number of nitrogens with two attached hydrogens (primary N) is 1. The second-order valence-electron chi connectivity index (χ2n) is 4.86. The van der Waals surface area contributed by atoms with Gasteiger partial charge in [0, 0.05) is 5.56 Å². The Labute approximate surface area is 110 Å². The Morgan fingerprint density at radius 1 is 1.37 bits per heavy atom. The number of primary amides is 1. The van der Waals surface area contributed by atoms with E-state index < -0.39 is 11.6 Å². The molecule has 3 N–H and O–H groups in total. The first kappa shape index (κ1) is 11.7. The first-order valence-electron chi connectivity index (χ1n) is 6.08. The number of benzene rings is 1. The van der Waals surface area contributed by atoms with Crippen molar-refractivity contribution in [1.29, 1.82) is 0 Å². The van der Waals surface area contributed by atoms with E-state index in [-0.39, 0.29) is 0 Å². The van der Waals surface area contributed by atoms with E-state index in [1.165, 1.54) is 5.56 Å². The normalized spacial score (nSPS) is 16.1. The van der Waals surface area contributed by atoms with Crippen molar-refractivity contribution < 1.29 is 9.32 Å². The molecule has 1 heterocycles. The van der Waals surface area contributed by atoms with E-state index in [4.69, 9.17) is 10.3 Å². The fraction of sp³-hybridized carbons (Fsp3) is 0.308. The summed E-state index contributed by atoms with van der Waals surface area (Å²) < 4.78 is 5.25. The van der Waals surface area contributed by atoms with Crippen LogP contribution in [-0.4, -0.2) is 16.2 Å². The highest BCUT2D eigenvalue weighted by molar-refractivity contribution is 5.73. The lowest BCUT2D eigenvalue weighted by Gasteiger charge is -2.09. The third-order valence-electron chi connectivity index (χ3n) is 3.26. The van der Waals surface area contributed by atoms with E-state index in [0.29, 0.717) is 11.7 Å². The van der Waals surface area contributed by atoms with Crippen LogP contribution in [0.5, 0.6) is 0 Å². The van der Waals surface area contributed by atoms with E-state index in [9.17, 15) is 4.79 Å². The summed E-state index contributed by atoms with van der Waals surface area (Å²) in [5.41, 5.74) is 6.65. The minimum absolute atomic E-state index is 0.418. The standard InChI is InChI=1S/C13H14N4O2/c1-8-2-4-9(5-3-8)10-15-11(19-17-10)13(6-7-13)16-12(14)18/h2-5H,6-7H2,1H3,(H3,14,16,18). The zero-order valence-electron chi connectivity index (χ0n) is 10.5. The number of urea groups is 1. The Morgan fingerprint density at radius 3 is 2.63 bits per heavy atom. The van der Waals surface area contributed by atoms with E-state index in [0.717, 1.165) is 18.4 Å². The SMILES string of the molecule is Cc1ccc(-c2noc(C3(NC(N)=O)CC3)n2)cc1. The molecule has 6 nitrogen and oxygen atoms in total. The molecule has 0 bridgehead atoms. The summed E-state index contributed by atoms with van der Waals surface area (Å²) in [7, 11) is 0. The molecule has 19 heavy (non-hydrogen) atoms. The molecule has 0 saturated heterocycles. The molecule has 1 aromatic carbocycles. The number of aromatic nitrogens is 2.